The average Bonchev–Trinajstić information content (AvgIpc) is 3.19. The fraction of sp³-hybridized carbons (Fsp3) is 0.353. The molecule has 1 atom stereocenters. The molecule has 1 aromatic carbocycles. The zero-order chi connectivity index (χ0) is 14.5. The molecule has 1 aliphatic heterocycles. The van der Waals surface area contributed by atoms with E-state index in [0.29, 0.717) is 12.3 Å². The Kier molecular flexibility index (Phi) is 4.36. The van der Waals surface area contributed by atoms with Gasteiger partial charge in [-0.2, -0.15) is 0 Å². The van der Waals surface area contributed by atoms with Crippen molar-refractivity contribution in [2.75, 3.05) is 18.4 Å². The summed E-state index contributed by atoms with van der Waals surface area (Å²) < 4.78 is 2.03. The number of anilines is 1. The van der Waals surface area contributed by atoms with Crippen LogP contribution in [-0.4, -0.2) is 23.6 Å². The second-order valence-corrected chi connectivity index (χ2v) is 5.59. The third-order valence-corrected chi connectivity index (χ3v) is 3.97. The number of nitrogens with zero attached hydrogens (tertiary/aromatic N) is 1. The number of carbonyl (C=O) groups is 1. The highest BCUT2D eigenvalue weighted by Crippen LogP contribution is 2.17. The number of carbonyl (C=O) groups excluding carboxylic acids is 1. The number of benzene rings is 1. The minimum atomic E-state index is 0.103. The van der Waals surface area contributed by atoms with Gasteiger partial charge < -0.3 is 15.2 Å². The minimum Gasteiger partial charge on any atom is -0.326 e. The molecular weight excluding hydrogens is 262 g/mol. The molecule has 2 aromatic rings. The summed E-state index contributed by atoms with van der Waals surface area (Å²) in [6, 6.07) is 11.9. The van der Waals surface area contributed by atoms with Crippen molar-refractivity contribution in [3.8, 4) is 5.69 Å². The van der Waals surface area contributed by atoms with Gasteiger partial charge in [0.1, 0.15) is 0 Å². The molecule has 2 heterocycles. The van der Waals surface area contributed by atoms with Crippen molar-refractivity contribution >= 4 is 11.6 Å². The van der Waals surface area contributed by atoms with Gasteiger partial charge in [-0.15, -0.1) is 0 Å². The first kappa shape index (κ1) is 13.9. The summed E-state index contributed by atoms with van der Waals surface area (Å²) in [6.07, 6.45) is 6.74. The Morgan fingerprint density at radius 3 is 2.90 bits per heavy atom. The Balaban J connectivity index is 1.56. The molecule has 0 aliphatic carbocycles. The van der Waals surface area contributed by atoms with Crippen LogP contribution >= 0.6 is 0 Å². The lowest BCUT2D eigenvalue weighted by molar-refractivity contribution is -0.116. The third kappa shape index (κ3) is 3.73. The third-order valence-electron chi connectivity index (χ3n) is 3.97. The summed E-state index contributed by atoms with van der Waals surface area (Å²) in [7, 11) is 0. The van der Waals surface area contributed by atoms with E-state index in [1.165, 1.54) is 6.42 Å². The van der Waals surface area contributed by atoms with E-state index in [1.54, 1.807) is 0 Å². The Labute approximate surface area is 125 Å². The standard InChI is InChI=1S/C17H21N3O/c21-17(7-6-14-8-9-18-13-14)19-15-4-3-5-16(12-15)20-10-1-2-11-20/h1-5,10-12,14,18H,6-9,13H2,(H,19,21). The van der Waals surface area contributed by atoms with E-state index < -0.39 is 0 Å². The highest BCUT2D eigenvalue weighted by Gasteiger charge is 2.15. The maximum atomic E-state index is 12.0. The summed E-state index contributed by atoms with van der Waals surface area (Å²) in [6.45, 7) is 2.14. The molecule has 4 heteroatoms. The van der Waals surface area contributed by atoms with Crippen LogP contribution in [0, 0.1) is 5.92 Å². The summed E-state index contributed by atoms with van der Waals surface area (Å²) in [5.74, 6) is 0.758. The highest BCUT2D eigenvalue weighted by molar-refractivity contribution is 5.90. The van der Waals surface area contributed by atoms with Crippen LogP contribution in [0.1, 0.15) is 19.3 Å². The van der Waals surface area contributed by atoms with Crippen molar-refractivity contribution in [3.05, 3.63) is 48.8 Å². The number of hydrogen-bond donors (Lipinski definition) is 2. The quantitative estimate of drug-likeness (QED) is 0.886. The molecule has 4 nitrogen and oxygen atoms in total. The fourth-order valence-electron chi connectivity index (χ4n) is 2.77. The molecule has 1 aromatic heterocycles. The first-order valence-corrected chi connectivity index (χ1v) is 7.55. The minimum absolute atomic E-state index is 0.103. The fourth-order valence-corrected chi connectivity index (χ4v) is 2.77. The van der Waals surface area contributed by atoms with Crippen LogP contribution in [0.15, 0.2) is 48.8 Å². The lowest BCUT2D eigenvalue weighted by atomic mass is 10.0. The predicted molar refractivity (Wildman–Crippen MR) is 84.6 cm³/mol. The zero-order valence-electron chi connectivity index (χ0n) is 12.1. The molecule has 0 spiro atoms. The molecule has 2 N–H and O–H groups in total. The molecular formula is C17H21N3O. The van der Waals surface area contributed by atoms with Gasteiger partial charge in [0.15, 0.2) is 0 Å². The summed E-state index contributed by atoms with van der Waals surface area (Å²) in [5.41, 5.74) is 1.91. The number of aromatic nitrogens is 1. The topological polar surface area (TPSA) is 46.1 Å². The molecule has 0 radical (unpaired) electrons. The lowest BCUT2D eigenvalue weighted by Gasteiger charge is -2.10. The van der Waals surface area contributed by atoms with E-state index in [4.69, 9.17) is 0 Å². The van der Waals surface area contributed by atoms with Gasteiger partial charge in [0.25, 0.3) is 0 Å². The van der Waals surface area contributed by atoms with E-state index in [9.17, 15) is 4.79 Å². The summed E-state index contributed by atoms with van der Waals surface area (Å²) >= 11 is 0. The summed E-state index contributed by atoms with van der Waals surface area (Å²) in [5, 5.41) is 6.33. The zero-order valence-corrected chi connectivity index (χ0v) is 12.1. The van der Waals surface area contributed by atoms with E-state index in [-0.39, 0.29) is 5.91 Å². The largest absolute Gasteiger partial charge is 0.326 e. The second-order valence-electron chi connectivity index (χ2n) is 5.59. The van der Waals surface area contributed by atoms with Crippen LogP contribution in [-0.2, 0) is 4.79 Å². The van der Waals surface area contributed by atoms with E-state index in [0.717, 1.165) is 30.9 Å². The Bertz CT molecular complexity index is 586. The van der Waals surface area contributed by atoms with Crippen molar-refractivity contribution in [1.29, 1.82) is 0 Å². The average molecular weight is 283 g/mol. The van der Waals surface area contributed by atoms with Crippen LogP contribution in [0.3, 0.4) is 0 Å². The van der Waals surface area contributed by atoms with Crippen molar-refractivity contribution in [2.24, 2.45) is 5.92 Å². The maximum absolute atomic E-state index is 12.0. The molecule has 1 aliphatic rings. The van der Waals surface area contributed by atoms with Gasteiger partial charge in [-0.3, -0.25) is 4.79 Å². The predicted octanol–water partition coefficient (Wildman–Crippen LogP) is 2.81. The Morgan fingerprint density at radius 2 is 2.14 bits per heavy atom. The van der Waals surface area contributed by atoms with E-state index in [1.807, 2.05) is 53.4 Å². The van der Waals surface area contributed by atoms with Crippen LogP contribution < -0.4 is 10.6 Å². The van der Waals surface area contributed by atoms with Crippen molar-refractivity contribution < 1.29 is 4.79 Å². The molecule has 1 saturated heterocycles. The van der Waals surface area contributed by atoms with Gasteiger partial charge in [-0.25, -0.2) is 0 Å². The Hall–Kier alpha value is -2.07. The smallest absolute Gasteiger partial charge is 0.224 e. The SMILES string of the molecule is O=C(CCC1CCNC1)Nc1cccc(-n2cccc2)c1. The number of rotatable bonds is 5. The number of hydrogen-bond acceptors (Lipinski definition) is 2. The van der Waals surface area contributed by atoms with Gasteiger partial charge in [-0.1, -0.05) is 6.07 Å². The molecule has 110 valence electrons. The maximum Gasteiger partial charge on any atom is 0.224 e. The molecule has 3 rings (SSSR count). The van der Waals surface area contributed by atoms with Gasteiger partial charge >= 0.3 is 0 Å². The number of amides is 1. The van der Waals surface area contributed by atoms with Crippen molar-refractivity contribution in [2.45, 2.75) is 19.3 Å². The molecule has 0 saturated carbocycles. The monoisotopic (exact) mass is 283 g/mol. The Morgan fingerprint density at radius 1 is 1.29 bits per heavy atom. The molecule has 21 heavy (non-hydrogen) atoms. The van der Waals surface area contributed by atoms with Gasteiger partial charge in [0, 0.05) is 30.2 Å². The first-order chi connectivity index (χ1) is 10.3. The van der Waals surface area contributed by atoms with E-state index in [2.05, 4.69) is 10.6 Å². The molecule has 1 fully saturated rings. The second kappa shape index (κ2) is 6.59. The lowest BCUT2D eigenvalue weighted by Crippen LogP contribution is -2.15. The number of nitrogens with one attached hydrogen (secondary N) is 2. The first-order valence-electron chi connectivity index (χ1n) is 7.55. The van der Waals surface area contributed by atoms with Crippen molar-refractivity contribution in [1.82, 2.24) is 9.88 Å². The van der Waals surface area contributed by atoms with Gasteiger partial charge in [0.05, 0.1) is 0 Å². The van der Waals surface area contributed by atoms with E-state index >= 15 is 0 Å². The molecule has 0 bridgehead atoms. The van der Waals surface area contributed by atoms with Crippen molar-refractivity contribution in [3.63, 3.8) is 0 Å². The summed E-state index contributed by atoms with van der Waals surface area (Å²) in [4.78, 5) is 12.0. The highest BCUT2D eigenvalue weighted by atomic mass is 16.1. The van der Waals surface area contributed by atoms with Crippen LogP contribution in [0.4, 0.5) is 5.69 Å². The van der Waals surface area contributed by atoms with Gasteiger partial charge in [0.2, 0.25) is 5.91 Å². The molecule has 1 amide bonds. The van der Waals surface area contributed by atoms with Crippen LogP contribution in [0.25, 0.3) is 5.69 Å². The van der Waals surface area contributed by atoms with Crippen LogP contribution in [0.5, 0.6) is 0 Å². The molecule has 1 unspecified atom stereocenters. The normalized spacial score (nSPS) is 17.8. The van der Waals surface area contributed by atoms with Crippen LogP contribution in [0.2, 0.25) is 0 Å². The van der Waals surface area contributed by atoms with Gasteiger partial charge in [-0.05, 0) is 62.2 Å².